The zero-order chi connectivity index (χ0) is 18.2. The van der Waals surface area contributed by atoms with Crippen molar-refractivity contribution in [1.29, 1.82) is 0 Å². The van der Waals surface area contributed by atoms with Gasteiger partial charge in [-0.3, -0.25) is 4.79 Å². The van der Waals surface area contributed by atoms with E-state index in [1.54, 1.807) is 16.7 Å². The number of aliphatic carboxylic acids is 1. The molecule has 1 heterocycles. The maximum atomic E-state index is 13.0. The highest BCUT2D eigenvalue weighted by molar-refractivity contribution is 7.99. The molecule has 1 aromatic rings. The van der Waals surface area contributed by atoms with Crippen LogP contribution in [0.5, 0.6) is 0 Å². The number of amides is 1. The average molecular weight is 362 g/mol. The van der Waals surface area contributed by atoms with Gasteiger partial charge in [-0.2, -0.15) is 0 Å². The van der Waals surface area contributed by atoms with Gasteiger partial charge < -0.3 is 10.0 Å². The number of nitrogens with zero attached hydrogens (tertiary/aromatic N) is 1. The molecule has 4 nitrogen and oxygen atoms in total. The highest BCUT2D eigenvalue weighted by Gasteiger charge is 2.44. The molecule has 3 rings (SSSR count). The Balaban J connectivity index is 1.88. The first-order chi connectivity index (χ1) is 11.8. The largest absolute Gasteiger partial charge is 0.480 e. The molecular formula is C20H27NO3S. The Morgan fingerprint density at radius 2 is 1.72 bits per heavy atom. The SMILES string of the molecule is CC(C)(C)c1ccc(C2SCC(C(=O)O)N2C(=O)C2CCCC2)cc1. The van der Waals surface area contributed by atoms with Gasteiger partial charge in [-0.15, -0.1) is 11.8 Å². The predicted molar refractivity (Wildman–Crippen MR) is 101 cm³/mol. The summed E-state index contributed by atoms with van der Waals surface area (Å²) in [7, 11) is 0. The van der Waals surface area contributed by atoms with E-state index in [0.717, 1.165) is 31.2 Å². The van der Waals surface area contributed by atoms with Gasteiger partial charge >= 0.3 is 5.97 Å². The van der Waals surface area contributed by atoms with Crippen LogP contribution in [0.3, 0.4) is 0 Å². The molecular weight excluding hydrogens is 334 g/mol. The summed E-state index contributed by atoms with van der Waals surface area (Å²) in [6, 6.07) is 7.59. The summed E-state index contributed by atoms with van der Waals surface area (Å²) in [5.74, 6) is -0.413. The van der Waals surface area contributed by atoms with E-state index in [-0.39, 0.29) is 22.6 Å². The second kappa shape index (κ2) is 7.02. The zero-order valence-corrected chi connectivity index (χ0v) is 16.0. The summed E-state index contributed by atoms with van der Waals surface area (Å²) in [4.78, 5) is 26.4. The molecule has 5 heteroatoms. The first-order valence-corrected chi connectivity index (χ1v) is 10.1. The molecule has 2 unspecified atom stereocenters. The number of carbonyl (C=O) groups excluding carboxylic acids is 1. The Morgan fingerprint density at radius 1 is 1.12 bits per heavy atom. The van der Waals surface area contributed by atoms with Crippen LogP contribution >= 0.6 is 11.8 Å². The van der Waals surface area contributed by atoms with Gasteiger partial charge in [0.05, 0.1) is 0 Å². The Hall–Kier alpha value is -1.49. The van der Waals surface area contributed by atoms with Crippen molar-refractivity contribution in [3.63, 3.8) is 0 Å². The molecule has 2 atom stereocenters. The van der Waals surface area contributed by atoms with Gasteiger partial charge in [-0.05, 0) is 29.4 Å². The van der Waals surface area contributed by atoms with Crippen LogP contribution < -0.4 is 0 Å². The molecule has 1 aliphatic heterocycles. The van der Waals surface area contributed by atoms with Gasteiger partial charge in [0.1, 0.15) is 11.4 Å². The van der Waals surface area contributed by atoms with Crippen LogP contribution in [0.25, 0.3) is 0 Å². The summed E-state index contributed by atoms with van der Waals surface area (Å²) in [5.41, 5.74) is 2.33. The first-order valence-electron chi connectivity index (χ1n) is 9.06. The fraction of sp³-hybridized carbons (Fsp3) is 0.600. The molecule has 1 saturated carbocycles. The quantitative estimate of drug-likeness (QED) is 0.876. The van der Waals surface area contributed by atoms with Crippen LogP contribution in [0.4, 0.5) is 0 Å². The molecule has 0 bridgehead atoms. The van der Waals surface area contributed by atoms with Gasteiger partial charge in [-0.1, -0.05) is 57.9 Å². The summed E-state index contributed by atoms with van der Waals surface area (Å²) in [5, 5.41) is 9.39. The Labute approximate surface area is 154 Å². The highest BCUT2D eigenvalue weighted by atomic mass is 32.2. The van der Waals surface area contributed by atoms with Crippen molar-refractivity contribution >= 4 is 23.6 Å². The van der Waals surface area contributed by atoms with E-state index in [2.05, 4.69) is 45.0 Å². The highest BCUT2D eigenvalue weighted by Crippen LogP contribution is 2.44. The number of rotatable bonds is 3. The lowest BCUT2D eigenvalue weighted by Crippen LogP contribution is -2.45. The second-order valence-corrected chi connectivity index (χ2v) is 9.25. The van der Waals surface area contributed by atoms with Crippen molar-refractivity contribution in [1.82, 2.24) is 4.90 Å². The molecule has 2 fully saturated rings. The smallest absolute Gasteiger partial charge is 0.327 e. The molecule has 0 radical (unpaired) electrons. The topological polar surface area (TPSA) is 57.6 Å². The Kier molecular flexibility index (Phi) is 5.14. The van der Waals surface area contributed by atoms with Crippen molar-refractivity contribution in [2.75, 3.05) is 5.75 Å². The maximum absolute atomic E-state index is 13.0. The van der Waals surface area contributed by atoms with E-state index in [0.29, 0.717) is 5.75 Å². The fourth-order valence-corrected chi connectivity index (χ4v) is 5.18. The van der Waals surface area contributed by atoms with E-state index in [4.69, 9.17) is 0 Å². The van der Waals surface area contributed by atoms with Crippen LogP contribution in [0.2, 0.25) is 0 Å². The molecule has 1 amide bonds. The number of hydrogen-bond donors (Lipinski definition) is 1. The zero-order valence-electron chi connectivity index (χ0n) is 15.2. The standard InChI is InChI=1S/C20H27NO3S/c1-20(2,3)15-10-8-14(9-11-15)18-21(16(12-25-18)19(23)24)17(22)13-6-4-5-7-13/h8-11,13,16,18H,4-7,12H2,1-3H3,(H,23,24). The normalized spacial score (nSPS) is 24.7. The molecule has 1 aromatic carbocycles. The monoisotopic (exact) mass is 361 g/mol. The predicted octanol–water partition coefficient (Wildman–Crippen LogP) is 4.20. The van der Waals surface area contributed by atoms with E-state index in [1.165, 1.54) is 5.56 Å². The molecule has 2 aliphatic rings. The van der Waals surface area contributed by atoms with Gasteiger partial charge in [0.15, 0.2) is 0 Å². The first kappa shape index (κ1) is 18.3. The summed E-state index contributed by atoms with van der Waals surface area (Å²) in [6.45, 7) is 6.51. The van der Waals surface area contributed by atoms with Crippen LogP contribution in [-0.2, 0) is 15.0 Å². The lowest BCUT2D eigenvalue weighted by Gasteiger charge is -2.30. The third kappa shape index (κ3) is 3.71. The summed E-state index contributed by atoms with van der Waals surface area (Å²) in [6.07, 6.45) is 3.92. The van der Waals surface area contributed by atoms with Crippen molar-refractivity contribution in [2.24, 2.45) is 5.92 Å². The molecule has 25 heavy (non-hydrogen) atoms. The number of benzene rings is 1. The van der Waals surface area contributed by atoms with Crippen molar-refractivity contribution in [3.8, 4) is 0 Å². The number of carboxylic acid groups (broad SMARTS) is 1. The van der Waals surface area contributed by atoms with Crippen LogP contribution in [0.15, 0.2) is 24.3 Å². The minimum absolute atomic E-state index is 0.00287. The van der Waals surface area contributed by atoms with E-state index < -0.39 is 12.0 Å². The molecule has 0 aromatic heterocycles. The molecule has 1 aliphatic carbocycles. The number of carbonyl (C=O) groups is 2. The number of hydrogen-bond acceptors (Lipinski definition) is 3. The van der Waals surface area contributed by atoms with Crippen LogP contribution in [0, 0.1) is 5.92 Å². The van der Waals surface area contributed by atoms with E-state index in [1.807, 2.05) is 0 Å². The van der Waals surface area contributed by atoms with Crippen molar-refractivity contribution in [3.05, 3.63) is 35.4 Å². The van der Waals surface area contributed by atoms with Crippen molar-refractivity contribution in [2.45, 2.75) is 63.3 Å². The minimum Gasteiger partial charge on any atom is -0.480 e. The lowest BCUT2D eigenvalue weighted by atomic mass is 9.86. The summed E-state index contributed by atoms with van der Waals surface area (Å²) < 4.78 is 0. The lowest BCUT2D eigenvalue weighted by molar-refractivity contribution is -0.151. The number of carboxylic acids is 1. The van der Waals surface area contributed by atoms with E-state index >= 15 is 0 Å². The third-order valence-corrected chi connectivity index (χ3v) is 6.63. The molecule has 0 spiro atoms. The number of thioether (sulfide) groups is 1. The van der Waals surface area contributed by atoms with Crippen molar-refractivity contribution < 1.29 is 14.7 Å². The Bertz CT molecular complexity index is 644. The molecule has 1 N–H and O–H groups in total. The van der Waals surface area contributed by atoms with Gasteiger partial charge in [0.2, 0.25) is 5.91 Å². The van der Waals surface area contributed by atoms with Gasteiger partial charge in [0.25, 0.3) is 0 Å². The van der Waals surface area contributed by atoms with Crippen LogP contribution in [-0.4, -0.2) is 33.7 Å². The third-order valence-electron chi connectivity index (χ3n) is 5.31. The average Bonchev–Trinajstić information content (AvgIpc) is 3.23. The Morgan fingerprint density at radius 3 is 2.24 bits per heavy atom. The van der Waals surface area contributed by atoms with Crippen LogP contribution in [0.1, 0.15) is 63.0 Å². The van der Waals surface area contributed by atoms with Gasteiger partial charge in [-0.25, -0.2) is 4.79 Å². The molecule has 1 saturated heterocycles. The molecule has 136 valence electrons. The van der Waals surface area contributed by atoms with E-state index in [9.17, 15) is 14.7 Å². The summed E-state index contributed by atoms with van der Waals surface area (Å²) >= 11 is 1.56. The maximum Gasteiger partial charge on any atom is 0.327 e. The fourth-order valence-electron chi connectivity index (χ4n) is 3.75. The second-order valence-electron chi connectivity index (χ2n) is 8.14. The minimum atomic E-state index is -0.896. The van der Waals surface area contributed by atoms with Gasteiger partial charge in [0, 0.05) is 11.7 Å².